The smallest absolute Gasteiger partial charge is 0.478 e. The molecule has 0 radical (unpaired) electrons. The molecule has 46 heteroatoms. The number of ketones is 1. The standard InChI is InChI=1S/C55H72N7O24P3S4.2O3S/c1-4-93(90)34-81-46-30-48(84-47(46)32-82-88(72,73)86-89(74,75)85-87(69,70)71)62-31-36(50(58)61-52(62)66)9-7-18-59-53(67)79-22-6-5-20-78-33-91-92-55(2,3)17-23-80-54(68)60-19-24-77-26-25-76-21-8-10-43(63)35-11-14-39(51(64)65)42(27-35)49-40-15-12-37(56)28-44(40)83-45-29-38(57)13-16-41(45)49;2*1-4(2)3/h11-16,27-29,31,46-48,56H,4-6,8,10,17-26,30,32-34,57H2,1-3H3,(H,59,67)(H,60,68)(H,64,65)(H,72,73)(H,74,75)(H2,58,61,66)(H2,69,70,71);;/p+1/t46-,47-,48-,93?;;/m1../s1. The van der Waals surface area contributed by atoms with Crippen molar-refractivity contribution in [1.82, 2.24) is 20.2 Å². The summed E-state index contributed by atoms with van der Waals surface area (Å²) in [6.45, 7) is 6.78. The zero-order valence-electron chi connectivity index (χ0n) is 53.8. The van der Waals surface area contributed by atoms with Crippen molar-refractivity contribution in [1.29, 1.82) is 0 Å². The Balaban J connectivity index is 0.00000256. The quantitative estimate of drug-likeness (QED) is 0.00396. The maximum Gasteiger partial charge on any atom is 0.490 e. The lowest BCUT2D eigenvalue weighted by molar-refractivity contribution is -0.172. The van der Waals surface area contributed by atoms with Crippen molar-refractivity contribution >= 4 is 133 Å². The van der Waals surface area contributed by atoms with Gasteiger partial charge in [-0.1, -0.05) is 55.9 Å². The Labute approximate surface area is 594 Å². The molecule has 6 atom stereocenters. The Morgan fingerprint density at radius 3 is 2.18 bits per heavy atom. The van der Waals surface area contributed by atoms with Crippen molar-refractivity contribution in [3.8, 4) is 34.3 Å². The number of hydrogen-bond acceptors (Lipinski definition) is 31. The number of nitrogens with zero attached hydrogens (tertiary/aromatic N) is 2. The van der Waals surface area contributed by atoms with E-state index in [1.165, 1.54) is 29.1 Å². The summed E-state index contributed by atoms with van der Waals surface area (Å²) in [7, 11) is -20.7. The van der Waals surface area contributed by atoms with Crippen LogP contribution in [0, 0.1) is 11.8 Å². The average Bonchev–Trinajstić information content (AvgIpc) is 1.15. The number of ether oxygens (including phenoxy) is 7. The highest BCUT2D eigenvalue weighted by molar-refractivity contribution is 8.77. The van der Waals surface area contributed by atoms with E-state index in [-0.39, 0.29) is 99.0 Å². The van der Waals surface area contributed by atoms with E-state index in [1.54, 1.807) is 53.3 Å². The van der Waals surface area contributed by atoms with Gasteiger partial charge in [0.1, 0.15) is 35.4 Å². The number of phosphoric ester groups is 1. The molecule has 37 nitrogen and oxygen atoms in total. The van der Waals surface area contributed by atoms with E-state index in [0.717, 1.165) is 4.57 Å². The van der Waals surface area contributed by atoms with Crippen LogP contribution in [0.1, 0.15) is 91.8 Å². The first kappa shape index (κ1) is 87.0. The predicted octanol–water partition coefficient (Wildman–Crippen LogP) is 3.15. The molecule has 6 rings (SSSR count). The number of fused-ring (bicyclic) bond motifs is 2. The fraction of sp³-hybridized carbons (Fsp3) is 0.473. The molecule has 2 aromatic carbocycles. The number of unbranched alkanes of at least 4 members (excludes halogenated alkanes) is 1. The van der Waals surface area contributed by atoms with Gasteiger partial charge in [0.15, 0.2) is 11.1 Å². The van der Waals surface area contributed by atoms with Gasteiger partial charge in [0.25, 0.3) is 0 Å². The molecule has 1 fully saturated rings. The van der Waals surface area contributed by atoms with Gasteiger partial charge < -0.3 is 84.4 Å². The minimum Gasteiger partial charge on any atom is -0.478 e. The van der Waals surface area contributed by atoms with Crippen molar-refractivity contribution in [2.45, 2.75) is 82.5 Å². The lowest BCUT2D eigenvalue weighted by Crippen LogP contribution is -2.44. The van der Waals surface area contributed by atoms with Crippen LogP contribution in [-0.2, 0) is 102 Å². The molecule has 13 N–H and O–H groups in total. The first-order chi connectivity index (χ1) is 47.5. The molecule has 0 saturated carbocycles. The number of anilines is 2. The number of nitrogens with two attached hydrogens (primary N) is 3. The summed E-state index contributed by atoms with van der Waals surface area (Å²) in [6, 6.07) is 14.7. The van der Waals surface area contributed by atoms with E-state index in [1.807, 2.05) is 20.8 Å². The van der Waals surface area contributed by atoms with E-state index >= 15 is 0 Å². The molecule has 2 amide bonds. The lowest BCUT2D eigenvalue weighted by Gasteiger charge is -2.22. The van der Waals surface area contributed by atoms with Gasteiger partial charge in [-0.2, -0.15) is 13.6 Å². The second kappa shape index (κ2) is 43.0. The van der Waals surface area contributed by atoms with E-state index in [0.29, 0.717) is 94.0 Å². The molecule has 2 aliphatic heterocycles. The van der Waals surface area contributed by atoms with Crippen LogP contribution in [0.25, 0.3) is 33.4 Å². The normalized spacial score (nSPS) is 15.8. The minimum atomic E-state index is -5.80. The third-order valence-corrected chi connectivity index (χ3v) is 21.9. The Morgan fingerprint density at radius 2 is 1.50 bits per heavy atom. The molecular weight excluding hydrogens is 1520 g/mol. The van der Waals surface area contributed by atoms with Crippen LogP contribution in [0.15, 0.2) is 70.0 Å². The van der Waals surface area contributed by atoms with E-state index < -0.39 is 103 Å². The maximum atomic E-state index is 13.4. The van der Waals surface area contributed by atoms with E-state index in [2.05, 4.69) is 36.1 Å². The first-order valence-electron chi connectivity index (χ1n) is 29.4. The molecule has 3 unspecified atom stereocenters. The second-order valence-electron chi connectivity index (χ2n) is 21.0. The number of Topliss-reactive ketones (excluding diaryl/α,β-unsaturated/α-hetero) is 1. The molecule has 1 aliphatic carbocycles. The number of rotatable bonds is 38. The summed E-state index contributed by atoms with van der Waals surface area (Å²) in [5.74, 6) is 5.24. The molecule has 3 heterocycles. The molecule has 3 aromatic rings. The Hall–Kier alpha value is -6.43. The largest absolute Gasteiger partial charge is 0.490 e. The summed E-state index contributed by atoms with van der Waals surface area (Å²) in [4.78, 5) is 104. The number of carboxylic acid groups (broad SMARTS) is 1. The number of carboxylic acids is 1. The summed E-state index contributed by atoms with van der Waals surface area (Å²) < 4.78 is 144. The summed E-state index contributed by atoms with van der Waals surface area (Å²) in [5, 5.41) is 22.4. The first-order valence-corrected chi connectivity index (χ1v) is 40.7. The van der Waals surface area contributed by atoms with Gasteiger partial charge in [-0.05, 0) is 92.4 Å². The number of nitrogen functional groups attached to an aromatic ring is 2. The monoisotopic (exact) mass is 1600 g/mol. The predicted molar refractivity (Wildman–Crippen MR) is 365 cm³/mol. The third kappa shape index (κ3) is 33.3. The van der Waals surface area contributed by atoms with Gasteiger partial charge in [-0.15, -0.1) is 25.3 Å². The van der Waals surface area contributed by atoms with Crippen LogP contribution in [0.4, 0.5) is 21.1 Å². The highest BCUT2D eigenvalue weighted by Gasteiger charge is 2.44. The minimum absolute atomic E-state index is 0.0130. The van der Waals surface area contributed by atoms with Crippen LogP contribution in [0.2, 0.25) is 0 Å². The van der Waals surface area contributed by atoms with Crippen LogP contribution < -0.4 is 38.6 Å². The highest BCUT2D eigenvalue weighted by Crippen LogP contribution is 2.66. The Morgan fingerprint density at radius 1 is 0.832 bits per heavy atom. The van der Waals surface area contributed by atoms with Crippen LogP contribution in [0.3, 0.4) is 0 Å². The van der Waals surface area contributed by atoms with Crippen molar-refractivity contribution in [2.75, 3.05) is 95.0 Å². The van der Waals surface area contributed by atoms with Gasteiger partial charge in [0.2, 0.25) is 0 Å². The Kier molecular flexibility index (Phi) is 37.0. The fourth-order valence-corrected chi connectivity index (χ4v) is 14.6. The molecule has 0 bridgehead atoms. The van der Waals surface area contributed by atoms with Gasteiger partial charge in [0, 0.05) is 83.4 Å². The number of nitrogens with one attached hydrogen (secondary N) is 2. The van der Waals surface area contributed by atoms with Crippen molar-refractivity contribution in [2.24, 2.45) is 0 Å². The fourth-order valence-electron chi connectivity index (χ4n) is 8.59. The number of phosphoric acid groups is 3. The zero-order valence-corrected chi connectivity index (χ0v) is 61.4. The van der Waals surface area contributed by atoms with Crippen LogP contribution >= 0.6 is 45.1 Å². The third-order valence-electron chi connectivity index (χ3n) is 13.0. The van der Waals surface area contributed by atoms with Gasteiger partial charge in [-0.3, -0.25) is 19.3 Å². The van der Waals surface area contributed by atoms with Crippen molar-refractivity contribution in [3.05, 3.63) is 93.3 Å². The van der Waals surface area contributed by atoms with Gasteiger partial charge in [0.05, 0.1) is 75.4 Å². The van der Waals surface area contributed by atoms with Crippen LogP contribution in [-0.4, -0.2) is 184 Å². The number of carbonyl (C=O) groups is 4. The summed E-state index contributed by atoms with van der Waals surface area (Å²) in [6.07, 6.45) is -1.22. The van der Waals surface area contributed by atoms with Crippen molar-refractivity contribution in [3.63, 3.8) is 0 Å². The van der Waals surface area contributed by atoms with Crippen LogP contribution in [0.5, 0.6) is 0 Å². The van der Waals surface area contributed by atoms with E-state index in [4.69, 9.17) is 105 Å². The molecule has 558 valence electrons. The number of aromatic nitrogens is 2. The van der Waals surface area contributed by atoms with Crippen molar-refractivity contribution < 1.29 is 139 Å². The number of aromatic carboxylic acids is 1. The molecular formula is C55H73N7O30P3S6+. The Bertz CT molecular complexity index is 4210. The zero-order chi connectivity index (χ0) is 75.1. The van der Waals surface area contributed by atoms with Gasteiger partial charge >= 0.3 is 68.5 Å². The number of alkyl carbamates (subject to hydrolysis) is 2. The van der Waals surface area contributed by atoms with Gasteiger partial charge in [-0.25, -0.2) is 32.9 Å². The number of carbonyl (C=O) groups excluding carboxylic acids is 3. The topological polar surface area (TPSA) is 565 Å². The summed E-state index contributed by atoms with van der Waals surface area (Å²) >= 11 is 5.32. The average molecular weight is 1600 g/mol. The number of amides is 2. The molecule has 3 aliphatic rings. The molecule has 101 heavy (non-hydrogen) atoms. The summed E-state index contributed by atoms with van der Waals surface area (Å²) in [5.41, 5.74) is 14.0. The SMILES string of the molecule is CCS(=S)CO[C@@H]1C[C@H](n2cc(C#CCNC(=O)OCCCCOCSSC(C)(C)CCOC(=O)NCCOCCOCCCC(=O)c3ccc(C(=O)O)c(-c4c5ccc(=[NH2+])cc-5oc5cc(N)ccc45)c3)c(N)nc2=O)O[C@@H]1COP(=O)(O)OP(=O)(O)OP(=O)(O)O.O=S(=O)=O.O=S(=O)=O. The second-order valence-corrected chi connectivity index (χ2v) is 32.3. The highest BCUT2D eigenvalue weighted by atomic mass is 33.1. The maximum absolute atomic E-state index is 13.4. The molecule has 1 saturated heterocycles. The molecule has 0 spiro atoms. The van der Waals surface area contributed by atoms with E-state index in [9.17, 15) is 52.6 Å². The molecule has 1 aromatic heterocycles. The number of hydrogen-bond donors (Lipinski definition) is 10. The number of benzene rings is 3. The lowest BCUT2D eigenvalue weighted by atomic mass is 9.88.